The maximum atomic E-state index is 12.9. The van der Waals surface area contributed by atoms with Crippen LogP contribution in [0.15, 0.2) is 48.9 Å². The summed E-state index contributed by atoms with van der Waals surface area (Å²) in [6.45, 7) is 2.37. The van der Waals surface area contributed by atoms with Crippen LogP contribution in [0.2, 0.25) is 0 Å². The van der Waals surface area contributed by atoms with Gasteiger partial charge in [-0.05, 0) is 37.5 Å². The maximum Gasteiger partial charge on any atom is 0.257 e. The van der Waals surface area contributed by atoms with E-state index in [1.165, 1.54) is 0 Å². The van der Waals surface area contributed by atoms with Gasteiger partial charge in [-0.2, -0.15) is 5.10 Å². The summed E-state index contributed by atoms with van der Waals surface area (Å²) in [5.41, 5.74) is 3.31. The lowest BCUT2D eigenvalue weighted by atomic mass is 10.1. The first-order valence-corrected chi connectivity index (χ1v) is 8.80. The van der Waals surface area contributed by atoms with Crippen LogP contribution in [0.25, 0.3) is 5.69 Å². The number of amides is 1. The first-order valence-electron chi connectivity index (χ1n) is 8.80. The molecule has 1 aromatic carbocycles. The lowest BCUT2D eigenvalue weighted by molar-refractivity contribution is 0.0783. The van der Waals surface area contributed by atoms with Crippen LogP contribution in [0.1, 0.15) is 46.2 Å². The molecule has 0 atom stereocenters. The number of carbonyl (C=O) groups excluding carboxylic acids is 1. The molecule has 26 heavy (non-hydrogen) atoms. The van der Waals surface area contributed by atoms with Gasteiger partial charge in [0.1, 0.15) is 5.82 Å². The Labute approximate surface area is 152 Å². The van der Waals surface area contributed by atoms with E-state index in [0.717, 1.165) is 35.6 Å². The van der Waals surface area contributed by atoms with Crippen molar-refractivity contribution in [1.29, 1.82) is 0 Å². The molecule has 0 N–H and O–H groups in total. The molecule has 132 valence electrons. The minimum atomic E-state index is -0.0693. The molecule has 1 fully saturated rings. The smallest absolute Gasteiger partial charge is 0.257 e. The van der Waals surface area contributed by atoms with Gasteiger partial charge in [0, 0.05) is 38.1 Å². The normalized spacial score (nSPS) is 13.6. The highest BCUT2D eigenvalue weighted by Gasteiger charge is 2.27. The molecular formula is C20H21N5O. The molecule has 6 heteroatoms. The second kappa shape index (κ2) is 6.71. The third-order valence-corrected chi connectivity index (χ3v) is 4.67. The Morgan fingerprint density at radius 1 is 1.27 bits per heavy atom. The van der Waals surface area contributed by atoms with Gasteiger partial charge in [0.2, 0.25) is 0 Å². The van der Waals surface area contributed by atoms with Crippen molar-refractivity contribution in [2.24, 2.45) is 0 Å². The molecule has 1 aliphatic rings. The summed E-state index contributed by atoms with van der Waals surface area (Å²) in [6, 6.07) is 9.84. The van der Waals surface area contributed by atoms with Gasteiger partial charge >= 0.3 is 0 Å². The molecule has 0 unspecified atom stereocenters. The number of para-hydroxylation sites is 1. The third-order valence-electron chi connectivity index (χ3n) is 4.67. The van der Waals surface area contributed by atoms with Gasteiger partial charge in [0.25, 0.3) is 5.91 Å². The third kappa shape index (κ3) is 3.22. The van der Waals surface area contributed by atoms with E-state index in [1.54, 1.807) is 24.3 Å². The van der Waals surface area contributed by atoms with Crippen LogP contribution in [0.4, 0.5) is 0 Å². The topological polar surface area (TPSA) is 63.9 Å². The number of hydrogen-bond donors (Lipinski definition) is 0. The second-order valence-corrected chi connectivity index (χ2v) is 6.74. The van der Waals surface area contributed by atoms with Crippen molar-refractivity contribution in [3.05, 3.63) is 71.6 Å². The molecule has 2 aromatic heterocycles. The summed E-state index contributed by atoms with van der Waals surface area (Å²) < 4.78 is 1.81. The fraction of sp³-hybridized carbons (Fsp3) is 0.300. The number of nitrogens with zero attached hydrogens (tertiary/aromatic N) is 5. The van der Waals surface area contributed by atoms with E-state index in [2.05, 4.69) is 15.1 Å². The Bertz CT molecular complexity index is 931. The van der Waals surface area contributed by atoms with Gasteiger partial charge in [-0.15, -0.1) is 0 Å². The van der Waals surface area contributed by atoms with E-state index in [-0.39, 0.29) is 5.91 Å². The van der Waals surface area contributed by atoms with Crippen molar-refractivity contribution in [1.82, 2.24) is 24.6 Å². The standard InChI is InChI=1S/C20H21N5O/c1-14-17(12-21-19(23-14)15-8-9-15)20(26)24(2)13-16-6-3-4-7-18(16)25-11-5-10-22-25/h3-7,10-12,15H,8-9,13H2,1-2H3. The molecule has 0 spiro atoms. The minimum Gasteiger partial charge on any atom is -0.337 e. The highest BCUT2D eigenvalue weighted by atomic mass is 16.2. The van der Waals surface area contributed by atoms with Crippen LogP contribution in [-0.4, -0.2) is 37.6 Å². The summed E-state index contributed by atoms with van der Waals surface area (Å²) in [7, 11) is 1.80. The molecule has 0 bridgehead atoms. The van der Waals surface area contributed by atoms with Gasteiger partial charge < -0.3 is 4.90 Å². The Morgan fingerprint density at radius 2 is 2.08 bits per heavy atom. The summed E-state index contributed by atoms with van der Waals surface area (Å²) in [5.74, 6) is 1.28. The molecule has 4 rings (SSSR count). The van der Waals surface area contributed by atoms with Crippen LogP contribution in [0.3, 0.4) is 0 Å². The quantitative estimate of drug-likeness (QED) is 0.711. The molecule has 6 nitrogen and oxygen atoms in total. The average molecular weight is 347 g/mol. The molecule has 1 aliphatic carbocycles. The van der Waals surface area contributed by atoms with Crippen molar-refractivity contribution < 1.29 is 4.79 Å². The lowest BCUT2D eigenvalue weighted by Crippen LogP contribution is -2.28. The number of hydrogen-bond acceptors (Lipinski definition) is 4. The average Bonchev–Trinajstić information content (AvgIpc) is 3.36. The zero-order valence-electron chi connectivity index (χ0n) is 15.0. The van der Waals surface area contributed by atoms with E-state index in [1.807, 2.05) is 48.1 Å². The Balaban J connectivity index is 1.55. The van der Waals surface area contributed by atoms with E-state index in [4.69, 9.17) is 0 Å². The van der Waals surface area contributed by atoms with Crippen LogP contribution >= 0.6 is 0 Å². The summed E-state index contributed by atoms with van der Waals surface area (Å²) in [5, 5.41) is 4.30. The van der Waals surface area contributed by atoms with Crippen LogP contribution in [0.5, 0.6) is 0 Å². The summed E-state index contributed by atoms with van der Waals surface area (Å²) >= 11 is 0. The number of benzene rings is 1. The van der Waals surface area contributed by atoms with Gasteiger partial charge in [-0.25, -0.2) is 14.6 Å². The Morgan fingerprint density at radius 3 is 2.77 bits per heavy atom. The summed E-state index contributed by atoms with van der Waals surface area (Å²) in [6.07, 6.45) is 7.62. The summed E-state index contributed by atoms with van der Waals surface area (Å²) in [4.78, 5) is 23.5. The van der Waals surface area contributed by atoms with E-state index in [9.17, 15) is 4.79 Å². The predicted molar refractivity (Wildman–Crippen MR) is 98.1 cm³/mol. The highest BCUT2D eigenvalue weighted by molar-refractivity contribution is 5.94. The van der Waals surface area contributed by atoms with E-state index >= 15 is 0 Å². The van der Waals surface area contributed by atoms with E-state index < -0.39 is 0 Å². The molecule has 3 aromatic rings. The number of rotatable bonds is 5. The second-order valence-electron chi connectivity index (χ2n) is 6.74. The molecule has 1 amide bonds. The molecule has 0 aliphatic heterocycles. The molecule has 0 radical (unpaired) electrons. The van der Waals surface area contributed by atoms with Crippen LogP contribution in [0, 0.1) is 6.92 Å². The maximum absolute atomic E-state index is 12.9. The highest BCUT2D eigenvalue weighted by Crippen LogP contribution is 2.38. The molecular weight excluding hydrogens is 326 g/mol. The first-order chi connectivity index (χ1) is 12.6. The largest absolute Gasteiger partial charge is 0.337 e. The van der Waals surface area contributed by atoms with Crippen molar-refractivity contribution in [2.45, 2.75) is 32.2 Å². The lowest BCUT2D eigenvalue weighted by Gasteiger charge is -2.20. The van der Waals surface area contributed by atoms with Gasteiger partial charge in [0.15, 0.2) is 0 Å². The van der Waals surface area contributed by atoms with Crippen molar-refractivity contribution in [3.8, 4) is 5.69 Å². The first kappa shape index (κ1) is 16.4. The van der Waals surface area contributed by atoms with Crippen molar-refractivity contribution in [2.75, 3.05) is 7.05 Å². The van der Waals surface area contributed by atoms with Crippen LogP contribution < -0.4 is 0 Å². The van der Waals surface area contributed by atoms with Gasteiger partial charge in [0.05, 0.1) is 16.9 Å². The molecule has 2 heterocycles. The molecule has 1 saturated carbocycles. The zero-order valence-corrected chi connectivity index (χ0v) is 15.0. The Hall–Kier alpha value is -3.02. The van der Waals surface area contributed by atoms with Crippen LogP contribution in [-0.2, 0) is 6.54 Å². The van der Waals surface area contributed by atoms with Gasteiger partial charge in [-0.1, -0.05) is 18.2 Å². The minimum absolute atomic E-state index is 0.0693. The number of aryl methyl sites for hydroxylation is 1. The fourth-order valence-corrected chi connectivity index (χ4v) is 3.05. The Kier molecular flexibility index (Phi) is 4.24. The fourth-order valence-electron chi connectivity index (χ4n) is 3.05. The zero-order chi connectivity index (χ0) is 18.1. The predicted octanol–water partition coefficient (Wildman–Crippen LogP) is 3.12. The monoisotopic (exact) mass is 347 g/mol. The van der Waals surface area contributed by atoms with Gasteiger partial charge in [-0.3, -0.25) is 4.79 Å². The number of carbonyl (C=O) groups is 1. The van der Waals surface area contributed by atoms with Crippen molar-refractivity contribution >= 4 is 5.91 Å². The van der Waals surface area contributed by atoms with E-state index in [0.29, 0.717) is 18.0 Å². The number of aromatic nitrogens is 4. The molecule has 0 saturated heterocycles. The van der Waals surface area contributed by atoms with Crippen molar-refractivity contribution in [3.63, 3.8) is 0 Å². The SMILES string of the molecule is Cc1nc(C2CC2)ncc1C(=O)N(C)Cc1ccccc1-n1cccn1.